The standard InChI is InChI=1S/C18H22N4O3S.2C2H4O2/c1-11-14(18(24)25)9-15(16(19)23)17(20-11)21-12-4-6-22(7-5-12)10-13-3-2-8-26-13;2*1-2(3)4/h2-3,8-9,12H,4-7,10H2,1H3,(H2,19,23)(H,20,21)(H,24,25);2*1H3,(H,3,4). The molecule has 1 aliphatic rings. The summed E-state index contributed by atoms with van der Waals surface area (Å²) in [5.41, 5.74) is 5.89. The van der Waals surface area contributed by atoms with Crippen molar-refractivity contribution in [3.8, 4) is 0 Å². The lowest BCUT2D eigenvalue weighted by Crippen LogP contribution is -2.39. The lowest BCUT2D eigenvalue weighted by atomic mass is 10.0. The molecule has 2 aromatic heterocycles. The first-order valence-electron chi connectivity index (χ1n) is 10.4. The van der Waals surface area contributed by atoms with E-state index in [1.165, 1.54) is 10.9 Å². The van der Waals surface area contributed by atoms with Crippen LogP contribution in [0, 0.1) is 6.92 Å². The van der Waals surface area contributed by atoms with Crippen LogP contribution in [-0.2, 0) is 16.1 Å². The van der Waals surface area contributed by atoms with E-state index in [-0.39, 0.29) is 17.2 Å². The monoisotopic (exact) mass is 494 g/mol. The normalized spacial score (nSPS) is 13.5. The fourth-order valence-corrected chi connectivity index (χ4v) is 3.92. The zero-order chi connectivity index (χ0) is 25.8. The summed E-state index contributed by atoms with van der Waals surface area (Å²) in [4.78, 5) is 49.0. The molecule has 2 aromatic rings. The van der Waals surface area contributed by atoms with Crippen LogP contribution in [0.4, 0.5) is 5.82 Å². The number of hydrogen-bond acceptors (Lipinski definition) is 8. The molecule has 0 radical (unpaired) electrons. The summed E-state index contributed by atoms with van der Waals surface area (Å²) in [6.45, 7) is 6.64. The van der Waals surface area contributed by atoms with Gasteiger partial charge in [0, 0.05) is 44.4 Å². The fraction of sp³-hybridized carbons (Fsp3) is 0.409. The van der Waals surface area contributed by atoms with Crippen molar-refractivity contribution in [2.24, 2.45) is 5.73 Å². The van der Waals surface area contributed by atoms with Gasteiger partial charge in [-0.1, -0.05) is 6.07 Å². The van der Waals surface area contributed by atoms with Crippen molar-refractivity contribution in [1.82, 2.24) is 9.88 Å². The molecule has 6 N–H and O–H groups in total. The minimum Gasteiger partial charge on any atom is -0.481 e. The molecule has 0 aliphatic carbocycles. The van der Waals surface area contributed by atoms with Crippen LogP contribution in [0.15, 0.2) is 23.6 Å². The summed E-state index contributed by atoms with van der Waals surface area (Å²) >= 11 is 1.76. The Morgan fingerprint density at radius 3 is 2.12 bits per heavy atom. The van der Waals surface area contributed by atoms with Crippen LogP contribution < -0.4 is 11.1 Å². The van der Waals surface area contributed by atoms with Gasteiger partial charge in [-0.2, -0.15) is 0 Å². The van der Waals surface area contributed by atoms with E-state index in [0.717, 1.165) is 46.3 Å². The van der Waals surface area contributed by atoms with Crippen LogP contribution in [0.3, 0.4) is 0 Å². The number of anilines is 1. The molecule has 12 heteroatoms. The fourth-order valence-electron chi connectivity index (χ4n) is 3.17. The first-order valence-corrected chi connectivity index (χ1v) is 11.2. The lowest BCUT2D eigenvalue weighted by Gasteiger charge is -2.32. The Morgan fingerprint density at radius 1 is 1.12 bits per heavy atom. The zero-order valence-electron chi connectivity index (χ0n) is 19.3. The number of carbonyl (C=O) groups excluding carboxylic acids is 1. The van der Waals surface area contributed by atoms with Crippen LogP contribution in [0.2, 0.25) is 0 Å². The summed E-state index contributed by atoms with van der Waals surface area (Å²) in [5, 5.41) is 29.4. The van der Waals surface area contributed by atoms with Gasteiger partial charge in [0.1, 0.15) is 5.82 Å². The van der Waals surface area contributed by atoms with E-state index < -0.39 is 23.8 Å². The van der Waals surface area contributed by atoms with Gasteiger partial charge < -0.3 is 26.4 Å². The molecule has 1 fully saturated rings. The van der Waals surface area contributed by atoms with E-state index in [1.54, 1.807) is 18.3 Å². The first-order chi connectivity index (χ1) is 15.9. The number of rotatable bonds is 6. The Bertz CT molecular complexity index is 967. The van der Waals surface area contributed by atoms with E-state index in [2.05, 4.69) is 32.7 Å². The second-order valence-corrected chi connectivity index (χ2v) is 8.53. The van der Waals surface area contributed by atoms with Crippen molar-refractivity contribution in [2.75, 3.05) is 18.4 Å². The van der Waals surface area contributed by atoms with Crippen LogP contribution >= 0.6 is 11.3 Å². The maximum absolute atomic E-state index is 11.7. The number of carboxylic acids is 3. The van der Waals surface area contributed by atoms with Crippen molar-refractivity contribution in [1.29, 1.82) is 0 Å². The molecule has 1 saturated heterocycles. The Balaban J connectivity index is 0.000000629. The predicted octanol–water partition coefficient (Wildman–Crippen LogP) is 2.51. The zero-order valence-corrected chi connectivity index (χ0v) is 20.1. The van der Waals surface area contributed by atoms with Crippen LogP contribution in [-0.4, -0.2) is 68.1 Å². The van der Waals surface area contributed by atoms with Gasteiger partial charge in [-0.15, -0.1) is 11.3 Å². The highest BCUT2D eigenvalue weighted by molar-refractivity contribution is 7.09. The van der Waals surface area contributed by atoms with Crippen molar-refractivity contribution < 1.29 is 34.5 Å². The molecule has 34 heavy (non-hydrogen) atoms. The number of pyridine rings is 1. The highest BCUT2D eigenvalue weighted by Gasteiger charge is 2.23. The van der Waals surface area contributed by atoms with Gasteiger partial charge in [0.2, 0.25) is 0 Å². The Hall–Kier alpha value is -3.51. The van der Waals surface area contributed by atoms with Crippen molar-refractivity contribution >= 4 is 41.0 Å². The SMILES string of the molecule is CC(=O)O.CC(=O)O.Cc1nc(NC2CCN(Cc3cccs3)CC2)c(C(N)=O)cc1C(=O)O. The molecule has 0 unspecified atom stereocenters. The number of hydrogen-bond donors (Lipinski definition) is 5. The van der Waals surface area contributed by atoms with E-state index in [4.69, 9.17) is 25.5 Å². The van der Waals surface area contributed by atoms with E-state index >= 15 is 0 Å². The second-order valence-electron chi connectivity index (χ2n) is 7.50. The number of amides is 1. The van der Waals surface area contributed by atoms with Crippen LogP contribution in [0.1, 0.15) is 58.0 Å². The third-order valence-corrected chi connectivity index (χ3v) is 5.46. The average molecular weight is 495 g/mol. The van der Waals surface area contributed by atoms with Gasteiger partial charge in [-0.3, -0.25) is 19.3 Å². The molecule has 0 aromatic carbocycles. The molecule has 0 bridgehead atoms. The summed E-state index contributed by atoms with van der Waals surface area (Å²) in [5.74, 6) is -3.10. The number of aliphatic carboxylic acids is 2. The molecule has 0 atom stereocenters. The number of aryl methyl sites for hydroxylation is 1. The number of aromatic nitrogens is 1. The third kappa shape index (κ3) is 10.4. The maximum Gasteiger partial charge on any atom is 0.337 e. The molecule has 3 rings (SSSR count). The average Bonchev–Trinajstić information content (AvgIpc) is 3.21. The van der Waals surface area contributed by atoms with E-state index in [0.29, 0.717) is 11.5 Å². The van der Waals surface area contributed by atoms with Gasteiger partial charge in [-0.05, 0) is 37.3 Å². The molecule has 1 amide bonds. The third-order valence-electron chi connectivity index (χ3n) is 4.60. The highest BCUT2D eigenvalue weighted by atomic mass is 32.1. The lowest BCUT2D eigenvalue weighted by molar-refractivity contribution is -0.135. The number of piperidine rings is 1. The van der Waals surface area contributed by atoms with Gasteiger partial charge in [-0.25, -0.2) is 9.78 Å². The summed E-state index contributed by atoms with van der Waals surface area (Å²) in [6, 6.07) is 5.69. The topological polar surface area (TPSA) is 183 Å². The first kappa shape index (κ1) is 28.5. The number of carbonyl (C=O) groups is 4. The minimum atomic E-state index is -1.12. The Morgan fingerprint density at radius 2 is 1.68 bits per heavy atom. The van der Waals surface area contributed by atoms with Gasteiger partial charge >= 0.3 is 5.97 Å². The van der Waals surface area contributed by atoms with Crippen molar-refractivity contribution in [2.45, 2.75) is 46.2 Å². The quantitative estimate of drug-likeness (QED) is 0.400. The molecule has 11 nitrogen and oxygen atoms in total. The van der Waals surface area contributed by atoms with Gasteiger partial charge in [0.15, 0.2) is 0 Å². The number of thiophene rings is 1. The second kappa shape index (κ2) is 13.9. The number of nitrogens with one attached hydrogen (secondary N) is 1. The van der Waals surface area contributed by atoms with Crippen LogP contribution in [0.25, 0.3) is 0 Å². The number of likely N-dealkylation sites (tertiary alicyclic amines) is 1. The minimum absolute atomic E-state index is 0.00452. The number of carboxylic acid groups (broad SMARTS) is 3. The number of nitrogens with two attached hydrogens (primary N) is 1. The van der Waals surface area contributed by atoms with Gasteiger partial charge in [0.05, 0.1) is 16.8 Å². The molecule has 3 heterocycles. The van der Waals surface area contributed by atoms with Crippen molar-refractivity contribution in [3.63, 3.8) is 0 Å². The Labute approximate surface area is 201 Å². The Kier molecular flexibility index (Phi) is 11.7. The van der Waals surface area contributed by atoms with Gasteiger partial charge in [0.25, 0.3) is 17.8 Å². The summed E-state index contributed by atoms with van der Waals surface area (Å²) in [6.07, 6.45) is 1.84. The van der Waals surface area contributed by atoms with Crippen molar-refractivity contribution in [3.05, 3.63) is 45.3 Å². The molecule has 0 saturated carbocycles. The molecule has 0 spiro atoms. The largest absolute Gasteiger partial charge is 0.481 e. The predicted molar refractivity (Wildman–Crippen MR) is 127 cm³/mol. The summed E-state index contributed by atoms with van der Waals surface area (Å²) < 4.78 is 0. The molecular weight excluding hydrogens is 464 g/mol. The van der Waals surface area contributed by atoms with E-state index in [9.17, 15) is 14.7 Å². The molecule has 186 valence electrons. The number of aromatic carboxylic acids is 1. The maximum atomic E-state index is 11.7. The number of primary amides is 1. The van der Waals surface area contributed by atoms with Crippen LogP contribution in [0.5, 0.6) is 0 Å². The summed E-state index contributed by atoms with van der Waals surface area (Å²) in [7, 11) is 0. The number of nitrogens with zero attached hydrogens (tertiary/aromatic N) is 2. The smallest absolute Gasteiger partial charge is 0.337 e. The highest BCUT2D eigenvalue weighted by Crippen LogP contribution is 2.22. The van der Waals surface area contributed by atoms with E-state index in [1.807, 2.05) is 0 Å². The molecule has 1 aliphatic heterocycles. The molecular formula is C22H30N4O7S.